The quantitative estimate of drug-likeness (QED) is 0.684. The molecule has 1 atom stereocenters. The molecule has 2 amide bonds. The van der Waals surface area contributed by atoms with Crippen LogP contribution in [0.4, 0.5) is 4.79 Å². The van der Waals surface area contributed by atoms with Gasteiger partial charge in [-0.1, -0.05) is 12.5 Å². The standard InChI is InChI=1S/C21H34N4O2/c1-17-7-4-5-13-25(17)14-6-12-22-21(26)24-16-18-10-11-20(23-15-18)27-19-8-2-3-9-19/h10-11,15,17,19H,2-9,12-14,16H2,1H3,(H2,22,24,26). The first-order chi connectivity index (χ1) is 13.2. The van der Waals surface area contributed by atoms with E-state index in [0.717, 1.165) is 31.4 Å². The molecule has 2 N–H and O–H groups in total. The highest BCUT2D eigenvalue weighted by Gasteiger charge is 2.18. The van der Waals surface area contributed by atoms with E-state index in [9.17, 15) is 4.79 Å². The second-order valence-corrected chi connectivity index (χ2v) is 7.87. The Morgan fingerprint density at radius 3 is 2.74 bits per heavy atom. The molecule has 6 nitrogen and oxygen atoms in total. The average molecular weight is 375 g/mol. The summed E-state index contributed by atoms with van der Waals surface area (Å²) < 4.78 is 5.86. The number of nitrogens with zero attached hydrogens (tertiary/aromatic N) is 2. The highest BCUT2D eigenvalue weighted by molar-refractivity contribution is 5.73. The molecule has 1 unspecified atom stereocenters. The minimum absolute atomic E-state index is 0.118. The summed E-state index contributed by atoms with van der Waals surface area (Å²) in [6.07, 6.45) is 11.8. The van der Waals surface area contributed by atoms with Crippen molar-refractivity contribution in [3.05, 3.63) is 23.9 Å². The van der Waals surface area contributed by atoms with E-state index in [4.69, 9.17) is 4.74 Å². The molecule has 0 radical (unpaired) electrons. The van der Waals surface area contributed by atoms with E-state index in [2.05, 4.69) is 27.4 Å². The molecule has 6 heteroatoms. The van der Waals surface area contributed by atoms with Crippen LogP contribution in [0.5, 0.6) is 5.88 Å². The zero-order valence-electron chi connectivity index (χ0n) is 16.6. The molecule has 2 heterocycles. The summed E-state index contributed by atoms with van der Waals surface area (Å²) in [5.41, 5.74) is 0.978. The number of amides is 2. The Kier molecular flexibility index (Phi) is 7.75. The number of piperidine rings is 1. The number of likely N-dealkylation sites (tertiary alicyclic amines) is 1. The summed E-state index contributed by atoms with van der Waals surface area (Å²) in [4.78, 5) is 18.8. The van der Waals surface area contributed by atoms with Crippen LogP contribution in [0, 0.1) is 0 Å². The normalized spacial score (nSPS) is 21.1. The maximum absolute atomic E-state index is 11.9. The van der Waals surface area contributed by atoms with Gasteiger partial charge in [0.25, 0.3) is 0 Å². The number of hydrogen-bond acceptors (Lipinski definition) is 4. The Bertz CT molecular complexity index is 572. The van der Waals surface area contributed by atoms with E-state index in [1.54, 1.807) is 6.20 Å². The highest BCUT2D eigenvalue weighted by Crippen LogP contribution is 2.22. The van der Waals surface area contributed by atoms with E-state index < -0.39 is 0 Å². The Morgan fingerprint density at radius 2 is 2.00 bits per heavy atom. The lowest BCUT2D eigenvalue weighted by molar-refractivity contribution is 0.159. The second kappa shape index (κ2) is 10.5. The summed E-state index contributed by atoms with van der Waals surface area (Å²) in [5.74, 6) is 0.682. The van der Waals surface area contributed by atoms with Crippen molar-refractivity contribution in [1.82, 2.24) is 20.5 Å². The molecular weight excluding hydrogens is 340 g/mol. The van der Waals surface area contributed by atoms with Crippen LogP contribution in [0.25, 0.3) is 0 Å². The molecule has 0 bridgehead atoms. The Balaban J connectivity index is 1.28. The molecule has 1 saturated carbocycles. The Hall–Kier alpha value is -1.82. The van der Waals surface area contributed by atoms with Crippen molar-refractivity contribution in [2.24, 2.45) is 0 Å². The van der Waals surface area contributed by atoms with Gasteiger partial charge in [0.1, 0.15) is 6.10 Å². The molecule has 2 fully saturated rings. The molecule has 0 aromatic carbocycles. The molecular formula is C21H34N4O2. The summed E-state index contributed by atoms with van der Waals surface area (Å²) >= 11 is 0. The molecule has 0 spiro atoms. The largest absolute Gasteiger partial charge is 0.474 e. The van der Waals surface area contributed by atoms with Gasteiger partial charge in [-0.2, -0.15) is 0 Å². The first kappa shape index (κ1) is 19.9. The van der Waals surface area contributed by atoms with Crippen molar-refractivity contribution in [1.29, 1.82) is 0 Å². The summed E-state index contributed by atoms with van der Waals surface area (Å²) in [6, 6.07) is 4.43. The summed E-state index contributed by atoms with van der Waals surface area (Å²) in [6.45, 7) is 5.75. The van der Waals surface area contributed by atoms with Crippen molar-refractivity contribution >= 4 is 6.03 Å². The predicted molar refractivity (Wildman–Crippen MR) is 107 cm³/mol. The molecule has 1 saturated heterocycles. The average Bonchev–Trinajstić information content (AvgIpc) is 3.19. The molecule has 1 aliphatic heterocycles. The first-order valence-electron chi connectivity index (χ1n) is 10.6. The SMILES string of the molecule is CC1CCCCN1CCCNC(=O)NCc1ccc(OC2CCCC2)nc1. The van der Waals surface area contributed by atoms with Crippen molar-refractivity contribution in [3.8, 4) is 5.88 Å². The lowest BCUT2D eigenvalue weighted by Crippen LogP contribution is -2.40. The molecule has 1 aliphatic carbocycles. The van der Waals surface area contributed by atoms with Crippen LogP contribution in [0.2, 0.25) is 0 Å². The number of carbonyl (C=O) groups excluding carboxylic acids is 1. The number of ether oxygens (including phenoxy) is 1. The number of rotatable bonds is 8. The topological polar surface area (TPSA) is 66.5 Å². The number of aromatic nitrogens is 1. The minimum atomic E-state index is -0.118. The highest BCUT2D eigenvalue weighted by atomic mass is 16.5. The van der Waals surface area contributed by atoms with Gasteiger partial charge in [0, 0.05) is 37.9 Å². The van der Waals surface area contributed by atoms with Crippen LogP contribution in [0.15, 0.2) is 18.3 Å². The number of pyridine rings is 1. The van der Waals surface area contributed by atoms with Gasteiger partial charge in [0.2, 0.25) is 5.88 Å². The van der Waals surface area contributed by atoms with Crippen LogP contribution < -0.4 is 15.4 Å². The third-order valence-corrected chi connectivity index (χ3v) is 5.69. The van der Waals surface area contributed by atoms with Gasteiger partial charge >= 0.3 is 6.03 Å². The molecule has 2 aliphatic rings. The third-order valence-electron chi connectivity index (χ3n) is 5.69. The molecule has 1 aromatic rings. The second-order valence-electron chi connectivity index (χ2n) is 7.87. The zero-order valence-corrected chi connectivity index (χ0v) is 16.6. The number of urea groups is 1. The predicted octanol–water partition coefficient (Wildman–Crippen LogP) is 3.47. The fourth-order valence-electron chi connectivity index (χ4n) is 3.98. The number of nitrogens with one attached hydrogen (secondary N) is 2. The van der Waals surface area contributed by atoms with Crippen LogP contribution in [0.3, 0.4) is 0 Å². The Morgan fingerprint density at radius 1 is 1.19 bits per heavy atom. The summed E-state index contributed by atoms with van der Waals surface area (Å²) in [5, 5.41) is 5.84. The molecule has 27 heavy (non-hydrogen) atoms. The van der Waals surface area contributed by atoms with Crippen LogP contribution in [0.1, 0.15) is 63.9 Å². The van der Waals surface area contributed by atoms with Gasteiger partial charge in [0.05, 0.1) is 0 Å². The molecule has 3 rings (SSSR count). The lowest BCUT2D eigenvalue weighted by Gasteiger charge is -2.33. The molecule has 1 aromatic heterocycles. The minimum Gasteiger partial charge on any atom is -0.474 e. The van der Waals surface area contributed by atoms with E-state index in [0.29, 0.717) is 31.1 Å². The van der Waals surface area contributed by atoms with E-state index in [1.165, 1.54) is 38.6 Å². The van der Waals surface area contributed by atoms with Gasteiger partial charge in [0.15, 0.2) is 0 Å². The van der Waals surface area contributed by atoms with E-state index >= 15 is 0 Å². The Labute approximate surface area is 163 Å². The van der Waals surface area contributed by atoms with Crippen LogP contribution in [-0.2, 0) is 6.54 Å². The van der Waals surface area contributed by atoms with Gasteiger partial charge in [-0.15, -0.1) is 0 Å². The van der Waals surface area contributed by atoms with Crippen molar-refractivity contribution in [2.45, 2.75) is 77.0 Å². The van der Waals surface area contributed by atoms with Gasteiger partial charge in [-0.25, -0.2) is 9.78 Å². The first-order valence-corrected chi connectivity index (χ1v) is 10.6. The van der Waals surface area contributed by atoms with E-state index in [1.807, 2.05) is 12.1 Å². The third kappa shape index (κ3) is 6.69. The van der Waals surface area contributed by atoms with Gasteiger partial charge in [-0.3, -0.25) is 0 Å². The van der Waals surface area contributed by atoms with Crippen molar-refractivity contribution < 1.29 is 9.53 Å². The monoisotopic (exact) mass is 374 g/mol. The molecule has 150 valence electrons. The maximum Gasteiger partial charge on any atom is 0.315 e. The van der Waals surface area contributed by atoms with Crippen LogP contribution >= 0.6 is 0 Å². The number of carbonyl (C=O) groups is 1. The lowest BCUT2D eigenvalue weighted by atomic mass is 10.0. The summed E-state index contributed by atoms with van der Waals surface area (Å²) in [7, 11) is 0. The zero-order chi connectivity index (χ0) is 18.9. The van der Waals surface area contributed by atoms with E-state index in [-0.39, 0.29) is 6.03 Å². The number of hydrogen-bond donors (Lipinski definition) is 2. The van der Waals surface area contributed by atoms with Crippen molar-refractivity contribution in [3.63, 3.8) is 0 Å². The fourth-order valence-corrected chi connectivity index (χ4v) is 3.98. The van der Waals surface area contributed by atoms with Gasteiger partial charge < -0.3 is 20.3 Å². The van der Waals surface area contributed by atoms with Gasteiger partial charge in [-0.05, 0) is 64.0 Å². The fraction of sp³-hybridized carbons (Fsp3) is 0.714. The smallest absolute Gasteiger partial charge is 0.315 e. The van der Waals surface area contributed by atoms with Crippen molar-refractivity contribution in [2.75, 3.05) is 19.6 Å². The van der Waals surface area contributed by atoms with Crippen LogP contribution in [-0.4, -0.2) is 47.7 Å². The maximum atomic E-state index is 11.9.